The van der Waals surface area contributed by atoms with Gasteiger partial charge in [0, 0.05) is 10.9 Å². The van der Waals surface area contributed by atoms with E-state index in [-0.39, 0.29) is 0 Å². The van der Waals surface area contributed by atoms with Crippen molar-refractivity contribution in [1.82, 2.24) is 0 Å². The average molecular weight is 1110 g/mol. The summed E-state index contributed by atoms with van der Waals surface area (Å²) in [7, 11) is 0.875. The highest BCUT2D eigenvalue weighted by atomic mass is 31.0. The fraction of sp³-hybridized carbons (Fsp3) is 0. The summed E-state index contributed by atoms with van der Waals surface area (Å²) in [4.78, 5) is 0. The van der Waals surface area contributed by atoms with E-state index in [1.54, 1.807) is 0 Å². The van der Waals surface area contributed by atoms with Crippen LogP contribution in [0.4, 0.5) is 127 Å². The Labute approximate surface area is 387 Å². The van der Waals surface area contributed by atoms with Gasteiger partial charge in [-0.05, 0) is 0 Å². The van der Waals surface area contributed by atoms with Gasteiger partial charge in [-0.15, -0.1) is 9.24 Å². The zero-order chi connectivity index (χ0) is 55.4. The van der Waals surface area contributed by atoms with Crippen LogP contribution in [0.3, 0.4) is 0 Å². The summed E-state index contributed by atoms with van der Waals surface area (Å²) in [6.45, 7) is 0. The third-order valence-electron chi connectivity index (χ3n) is 11.1. The van der Waals surface area contributed by atoms with Gasteiger partial charge < -0.3 is 0 Å². The van der Waals surface area contributed by atoms with Crippen LogP contribution in [0.1, 0.15) is 0 Å². The quantitative estimate of drug-likeness (QED) is 0.0697. The van der Waals surface area contributed by atoms with Crippen LogP contribution in [-0.2, 0) is 0 Å². The van der Waals surface area contributed by atoms with Crippen molar-refractivity contribution in [3.63, 3.8) is 0 Å². The molecule has 0 bridgehead atoms. The molecule has 8 aromatic rings. The number of hydrogen-bond acceptors (Lipinski definition) is 0. The van der Waals surface area contributed by atoms with E-state index in [4.69, 9.17) is 0 Å². The molecule has 0 saturated heterocycles. The van der Waals surface area contributed by atoms with Crippen molar-refractivity contribution in [2.24, 2.45) is 0 Å². The SMILES string of the molecule is Fc1c(F)c(-c2c(F)c(F)c(-c3c(F)c(F)c4c(F)c(F)c(F)c(F)c4c3F)c(F)c2F)c(F)c(F)c1-c1c(F)c(F)c(-c2c(F)c(F)c(-c3c(F)c(F)c4c(F)c(F)c(F)c(F)c4c3F)c(F)c2P)c(F)c1F. The van der Waals surface area contributed by atoms with Crippen LogP contribution in [0.25, 0.3) is 77.2 Å². The van der Waals surface area contributed by atoms with E-state index in [1.165, 1.54) is 0 Å². The molecule has 0 radical (unpaired) electrons. The van der Waals surface area contributed by atoms with Gasteiger partial charge in [0.1, 0.15) is 17.5 Å². The Balaban J connectivity index is 1.32. The highest BCUT2D eigenvalue weighted by Gasteiger charge is 2.42. The zero-order valence-electron chi connectivity index (χ0n) is 33.5. The lowest BCUT2D eigenvalue weighted by atomic mass is 9.91. The summed E-state index contributed by atoms with van der Waals surface area (Å²) >= 11 is 0. The van der Waals surface area contributed by atoms with E-state index in [0.717, 1.165) is 9.24 Å². The summed E-state index contributed by atoms with van der Waals surface area (Å²) in [5.74, 6) is -91.9. The standard InChI is InChI=1S/C44H2F29P/c45-15-1(17(47)21(51)6-2(15)34(64)40(70)42(72)36(6)66)5-19(49)23(53)8(24(54)20(5)50)9-25(55)27(57)10(28(58)26(9)56)11-29(59)32(62)13(33(63)30(11)60)14-38(68)31(61)12(39(69)44(14)74)4-16(46)3-7(22(52)18(4)48)37(67)43(73)41(71)35(3)65/h74H2. The maximum atomic E-state index is 15.8. The molecule has 0 spiro atoms. The van der Waals surface area contributed by atoms with Crippen molar-refractivity contribution < 1.29 is 127 Å². The van der Waals surface area contributed by atoms with Crippen molar-refractivity contribution >= 4 is 36.1 Å². The average Bonchev–Trinajstić information content (AvgIpc) is 3.35. The Morgan fingerprint density at radius 3 is 0.459 bits per heavy atom. The number of rotatable bonds is 5. The fourth-order valence-electron chi connectivity index (χ4n) is 7.76. The summed E-state index contributed by atoms with van der Waals surface area (Å²) in [5, 5.41) is -11.9. The predicted octanol–water partition coefficient (Wildman–Crippen LogP) is 15.9. The van der Waals surface area contributed by atoms with Crippen LogP contribution >= 0.6 is 9.24 Å². The minimum absolute atomic E-state index is 0.875. The molecule has 8 aromatic carbocycles. The van der Waals surface area contributed by atoms with Crippen molar-refractivity contribution in [3.8, 4) is 55.6 Å². The number of halogens is 29. The smallest absolute Gasteiger partial charge is 0.198 e. The predicted molar refractivity (Wildman–Crippen MR) is 197 cm³/mol. The monoisotopic (exact) mass is 1110 g/mol. The van der Waals surface area contributed by atoms with E-state index in [1.807, 2.05) is 0 Å². The molecule has 0 N–H and O–H groups in total. The molecule has 30 heteroatoms. The van der Waals surface area contributed by atoms with E-state index in [0.29, 0.717) is 0 Å². The summed E-state index contributed by atoms with van der Waals surface area (Å²) in [5.41, 5.74) is -28.6. The summed E-state index contributed by atoms with van der Waals surface area (Å²) in [6, 6.07) is 0. The van der Waals surface area contributed by atoms with Crippen LogP contribution < -0.4 is 5.30 Å². The molecule has 0 aromatic heterocycles. The fourth-order valence-corrected chi connectivity index (χ4v) is 8.18. The molecule has 0 aliphatic carbocycles. The molecule has 1 unspecified atom stereocenters. The van der Waals surface area contributed by atoms with E-state index in [9.17, 15) is 43.9 Å². The van der Waals surface area contributed by atoms with Gasteiger partial charge in [0.15, 0.2) is 151 Å². The van der Waals surface area contributed by atoms with Crippen molar-refractivity contribution in [2.45, 2.75) is 0 Å². The minimum Gasteiger partial charge on any atom is -0.205 e. The lowest BCUT2D eigenvalue weighted by Gasteiger charge is -2.20. The van der Waals surface area contributed by atoms with Crippen LogP contribution in [0, 0.1) is 169 Å². The second-order valence-electron chi connectivity index (χ2n) is 14.8. The maximum absolute atomic E-state index is 15.8. The first-order chi connectivity index (χ1) is 34.3. The molecular formula is C44H2F29P. The molecule has 0 saturated carbocycles. The first kappa shape index (κ1) is 53.0. The van der Waals surface area contributed by atoms with E-state index < -0.39 is 251 Å². The molecular weight excluding hydrogens is 1110 g/mol. The van der Waals surface area contributed by atoms with Crippen LogP contribution in [0.15, 0.2) is 0 Å². The Hall–Kier alpha value is -7.32. The van der Waals surface area contributed by atoms with Gasteiger partial charge in [-0.3, -0.25) is 0 Å². The highest BCUT2D eigenvalue weighted by molar-refractivity contribution is 7.28. The van der Waals surface area contributed by atoms with Gasteiger partial charge >= 0.3 is 0 Å². The Kier molecular flexibility index (Phi) is 12.7. The van der Waals surface area contributed by atoms with Crippen molar-refractivity contribution in [3.05, 3.63) is 169 Å². The Bertz CT molecular complexity index is 3590. The molecule has 8 rings (SSSR count). The maximum Gasteiger partial charge on any atom is 0.198 e. The van der Waals surface area contributed by atoms with Crippen LogP contribution in [0.2, 0.25) is 0 Å². The molecule has 1 atom stereocenters. The molecule has 0 aliphatic heterocycles. The number of benzene rings is 8. The number of fused-ring (bicyclic) bond motifs is 2. The Morgan fingerprint density at radius 1 is 0.122 bits per heavy atom. The third kappa shape index (κ3) is 6.78. The Morgan fingerprint density at radius 2 is 0.243 bits per heavy atom. The molecule has 0 amide bonds. The van der Waals surface area contributed by atoms with E-state index in [2.05, 4.69) is 0 Å². The zero-order valence-corrected chi connectivity index (χ0v) is 34.7. The molecule has 386 valence electrons. The lowest BCUT2D eigenvalue weighted by Crippen LogP contribution is -2.17. The summed E-state index contributed by atoms with van der Waals surface area (Å²) in [6.07, 6.45) is 0. The van der Waals surface area contributed by atoms with Gasteiger partial charge in [0.25, 0.3) is 0 Å². The first-order valence-corrected chi connectivity index (χ1v) is 19.1. The number of hydrogen-bond donors (Lipinski definition) is 0. The second kappa shape index (κ2) is 17.7. The first-order valence-electron chi connectivity index (χ1n) is 18.5. The molecule has 74 heavy (non-hydrogen) atoms. The van der Waals surface area contributed by atoms with Crippen LogP contribution in [0.5, 0.6) is 0 Å². The van der Waals surface area contributed by atoms with Gasteiger partial charge in [0.2, 0.25) is 0 Å². The van der Waals surface area contributed by atoms with Gasteiger partial charge in [-0.2, -0.15) is 0 Å². The van der Waals surface area contributed by atoms with Gasteiger partial charge in [-0.25, -0.2) is 127 Å². The van der Waals surface area contributed by atoms with Gasteiger partial charge in [-0.1, -0.05) is 0 Å². The molecule has 0 aliphatic rings. The highest BCUT2D eigenvalue weighted by Crippen LogP contribution is 2.49. The topological polar surface area (TPSA) is 0 Å². The van der Waals surface area contributed by atoms with Crippen molar-refractivity contribution in [2.75, 3.05) is 0 Å². The normalized spacial score (nSPS) is 11.9. The lowest BCUT2D eigenvalue weighted by molar-refractivity contribution is 0.412. The van der Waals surface area contributed by atoms with Crippen molar-refractivity contribution in [1.29, 1.82) is 0 Å². The molecule has 0 fully saturated rings. The van der Waals surface area contributed by atoms with Gasteiger partial charge in [0.05, 0.1) is 71.6 Å². The molecule has 0 heterocycles. The molecule has 0 nitrogen and oxygen atoms in total. The largest absolute Gasteiger partial charge is 0.205 e. The minimum atomic E-state index is -3.49. The van der Waals surface area contributed by atoms with Crippen LogP contribution in [-0.4, -0.2) is 0 Å². The second-order valence-corrected chi connectivity index (χ2v) is 15.3. The van der Waals surface area contributed by atoms with E-state index >= 15 is 83.4 Å². The summed E-state index contributed by atoms with van der Waals surface area (Å²) < 4.78 is 439. The third-order valence-corrected chi connectivity index (χ3v) is 11.6.